The predicted molar refractivity (Wildman–Crippen MR) is 65.0 cm³/mol. The highest BCUT2D eigenvalue weighted by molar-refractivity contribution is 9.09. The number of hydrogen-bond donors (Lipinski definition) is 0. The Morgan fingerprint density at radius 3 is 2.87 bits per heavy atom. The fraction of sp³-hybridized carbons (Fsp3) is 0.545. The number of methoxy groups -OCH3 is 1. The maximum atomic E-state index is 5.31. The van der Waals surface area contributed by atoms with Crippen LogP contribution in [-0.2, 0) is 0 Å². The van der Waals surface area contributed by atoms with Crippen LogP contribution in [0.25, 0.3) is 0 Å². The first-order chi connectivity index (χ1) is 7.31. The summed E-state index contributed by atoms with van der Waals surface area (Å²) in [7, 11) is 1.69. The minimum Gasteiger partial charge on any atom is -0.493 e. The van der Waals surface area contributed by atoms with Gasteiger partial charge in [0, 0.05) is 24.1 Å². The number of alkyl halides is 1. The average molecular weight is 271 g/mol. The molecule has 1 aromatic rings. The smallest absolute Gasteiger partial charge is 0.171 e. The molecule has 1 aliphatic heterocycles. The minimum atomic E-state index is 0.656. The second kappa shape index (κ2) is 4.84. The Kier molecular flexibility index (Phi) is 3.46. The van der Waals surface area contributed by atoms with Gasteiger partial charge in [0.05, 0.1) is 7.11 Å². The molecule has 0 aliphatic carbocycles. The van der Waals surface area contributed by atoms with E-state index in [1.54, 1.807) is 7.11 Å². The molecule has 0 bridgehead atoms. The summed E-state index contributed by atoms with van der Waals surface area (Å²) >= 11 is 3.65. The van der Waals surface area contributed by atoms with Gasteiger partial charge in [-0.25, -0.2) is 4.98 Å². The van der Waals surface area contributed by atoms with Gasteiger partial charge in [0.15, 0.2) is 11.6 Å². The number of anilines is 1. The van der Waals surface area contributed by atoms with Crippen molar-refractivity contribution in [3.8, 4) is 5.75 Å². The molecule has 0 unspecified atom stereocenters. The summed E-state index contributed by atoms with van der Waals surface area (Å²) in [5, 5.41) is 0. The van der Waals surface area contributed by atoms with Crippen molar-refractivity contribution < 1.29 is 4.74 Å². The average Bonchev–Trinajstić information content (AvgIpc) is 2.30. The van der Waals surface area contributed by atoms with Crippen LogP contribution >= 0.6 is 15.9 Å². The molecule has 0 saturated carbocycles. The van der Waals surface area contributed by atoms with E-state index < -0.39 is 0 Å². The second-order valence-corrected chi connectivity index (χ2v) is 4.99. The summed E-state index contributed by atoms with van der Waals surface area (Å²) in [5.41, 5.74) is 0. The van der Waals surface area contributed by atoms with Crippen LogP contribution in [0.15, 0.2) is 18.3 Å². The Morgan fingerprint density at radius 2 is 2.20 bits per heavy atom. The van der Waals surface area contributed by atoms with E-state index in [4.69, 9.17) is 4.74 Å². The molecule has 0 aromatic carbocycles. The number of aromatic nitrogens is 1. The molecule has 0 N–H and O–H groups in total. The molecule has 2 rings (SSSR count). The first-order valence-electron chi connectivity index (χ1n) is 5.19. The number of ether oxygens (including phenoxy) is 1. The van der Waals surface area contributed by atoms with Crippen LogP contribution < -0.4 is 9.64 Å². The lowest BCUT2D eigenvalue weighted by molar-refractivity contribution is 0.410. The molecule has 0 radical (unpaired) electrons. The Morgan fingerprint density at radius 1 is 1.47 bits per heavy atom. The van der Waals surface area contributed by atoms with Gasteiger partial charge in [0.2, 0.25) is 0 Å². The number of halogens is 1. The van der Waals surface area contributed by atoms with Crippen molar-refractivity contribution >= 4 is 21.7 Å². The van der Waals surface area contributed by atoms with Crippen LogP contribution in [0.3, 0.4) is 0 Å². The SMILES string of the molecule is COc1cccnc1N1CCC(Br)CC1. The Hall–Kier alpha value is -0.770. The maximum Gasteiger partial charge on any atom is 0.171 e. The van der Waals surface area contributed by atoms with E-state index in [0.717, 1.165) is 24.7 Å². The molecular weight excluding hydrogens is 256 g/mol. The number of hydrogen-bond acceptors (Lipinski definition) is 3. The lowest BCUT2D eigenvalue weighted by Crippen LogP contribution is -2.34. The molecule has 4 heteroatoms. The van der Waals surface area contributed by atoms with Crippen molar-refractivity contribution in [2.45, 2.75) is 17.7 Å². The van der Waals surface area contributed by atoms with Gasteiger partial charge in [0.1, 0.15) is 0 Å². The standard InChI is InChI=1S/C11H15BrN2O/c1-15-10-3-2-6-13-11(10)14-7-4-9(12)5-8-14/h2-3,6,9H,4-5,7-8H2,1H3. The van der Waals surface area contributed by atoms with Gasteiger partial charge in [0.25, 0.3) is 0 Å². The van der Waals surface area contributed by atoms with E-state index in [0.29, 0.717) is 4.83 Å². The largest absolute Gasteiger partial charge is 0.493 e. The first-order valence-corrected chi connectivity index (χ1v) is 6.11. The van der Waals surface area contributed by atoms with Crippen LogP contribution in [0.2, 0.25) is 0 Å². The number of piperidine rings is 1. The molecular formula is C11H15BrN2O. The molecule has 2 heterocycles. The minimum absolute atomic E-state index is 0.656. The van der Waals surface area contributed by atoms with Crippen LogP contribution in [-0.4, -0.2) is 30.0 Å². The van der Waals surface area contributed by atoms with E-state index in [1.165, 1.54) is 12.8 Å². The van der Waals surface area contributed by atoms with Crippen LogP contribution in [0.4, 0.5) is 5.82 Å². The maximum absolute atomic E-state index is 5.31. The van der Waals surface area contributed by atoms with Crippen molar-refractivity contribution in [3.05, 3.63) is 18.3 Å². The molecule has 1 aromatic heterocycles. The fourth-order valence-electron chi connectivity index (χ4n) is 1.84. The highest BCUT2D eigenvalue weighted by Gasteiger charge is 2.20. The summed E-state index contributed by atoms with van der Waals surface area (Å²) < 4.78 is 5.31. The summed E-state index contributed by atoms with van der Waals surface area (Å²) in [6, 6.07) is 3.86. The summed E-state index contributed by atoms with van der Waals surface area (Å²) in [5.74, 6) is 1.84. The van der Waals surface area contributed by atoms with Gasteiger partial charge in [-0.1, -0.05) is 15.9 Å². The van der Waals surface area contributed by atoms with Crippen LogP contribution in [0.5, 0.6) is 5.75 Å². The third-order valence-electron chi connectivity index (χ3n) is 2.69. The Bertz CT molecular complexity index is 324. The Labute approximate surface area is 98.6 Å². The number of nitrogens with zero attached hydrogens (tertiary/aromatic N) is 2. The molecule has 82 valence electrons. The first kappa shape index (κ1) is 10.7. The van der Waals surface area contributed by atoms with Gasteiger partial charge in [-0.3, -0.25) is 0 Å². The highest BCUT2D eigenvalue weighted by atomic mass is 79.9. The van der Waals surface area contributed by atoms with E-state index in [2.05, 4.69) is 25.8 Å². The predicted octanol–water partition coefficient (Wildman–Crippen LogP) is 2.45. The zero-order valence-electron chi connectivity index (χ0n) is 8.82. The van der Waals surface area contributed by atoms with Gasteiger partial charge in [-0.05, 0) is 25.0 Å². The zero-order chi connectivity index (χ0) is 10.7. The molecule has 15 heavy (non-hydrogen) atoms. The van der Waals surface area contributed by atoms with Crippen molar-refractivity contribution in [3.63, 3.8) is 0 Å². The zero-order valence-corrected chi connectivity index (χ0v) is 10.4. The van der Waals surface area contributed by atoms with Crippen molar-refractivity contribution in [2.75, 3.05) is 25.1 Å². The monoisotopic (exact) mass is 270 g/mol. The Balaban J connectivity index is 2.15. The van der Waals surface area contributed by atoms with Gasteiger partial charge in [-0.15, -0.1) is 0 Å². The van der Waals surface area contributed by atoms with Crippen molar-refractivity contribution in [1.29, 1.82) is 0 Å². The van der Waals surface area contributed by atoms with Gasteiger partial charge >= 0.3 is 0 Å². The molecule has 1 aliphatic rings. The highest BCUT2D eigenvalue weighted by Crippen LogP contribution is 2.28. The third-order valence-corrected chi connectivity index (χ3v) is 3.61. The topological polar surface area (TPSA) is 25.4 Å². The second-order valence-electron chi connectivity index (χ2n) is 3.69. The van der Waals surface area contributed by atoms with Crippen LogP contribution in [0.1, 0.15) is 12.8 Å². The quantitative estimate of drug-likeness (QED) is 0.772. The normalized spacial score (nSPS) is 17.9. The fourth-order valence-corrected chi connectivity index (χ4v) is 2.25. The molecule has 0 amide bonds. The van der Waals surface area contributed by atoms with E-state index >= 15 is 0 Å². The number of pyridine rings is 1. The number of rotatable bonds is 2. The van der Waals surface area contributed by atoms with Crippen LogP contribution in [0, 0.1) is 0 Å². The van der Waals surface area contributed by atoms with Crippen molar-refractivity contribution in [2.24, 2.45) is 0 Å². The van der Waals surface area contributed by atoms with E-state index in [9.17, 15) is 0 Å². The summed E-state index contributed by atoms with van der Waals surface area (Å²) in [6.07, 6.45) is 4.15. The molecule has 1 fully saturated rings. The van der Waals surface area contributed by atoms with E-state index in [1.807, 2.05) is 18.3 Å². The molecule has 3 nitrogen and oxygen atoms in total. The lowest BCUT2D eigenvalue weighted by atomic mass is 10.1. The van der Waals surface area contributed by atoms with Gasteiger partial charge in [-0.2, -0.15) is 0 Å². The molecule has 0 atom stereocenters. The lowest BCUT2D eigenvalue weighted by Gasteiger charge is -2.31. The van der Waals surface area contributed by atoms with E-state index in [-0.39, 0.29) is 0 Å². The third kappa shape index (κ3) is 2.43. The summed E-state index contributed by atoms with van der Waals surface area (Å²) in [4.78, 5) is 7.33. The van der Waals surface area contributed by atoms with Gasteiger partial charge < -0.3 is 9.64 Å². The molecule has 1 saturated heterocycles. The van der Waals surface area contributed by atoms with Crippen molar-refractivity contribution in [1.82, 2.24) is 4.98 Å². The molecule has 0 spiro atoms. The summed E-state index contributed by atoms with van der Waals surface area (Å²) in [6.45, 7) is 2.09.